The van der Waals surface area contributed by atoms with Crippen molar-refractivity contribution in [1.82, 2.24) is 20.0 Å². The highest BCUT2D eigenvalue weighted by molar-refractivity contribution is 7.91. The van der Waals surface area contributed by atoms with Gasteiger partial charge in [-0.3, -0.25) is 14.5 Å². The zero-order valence-corrected chi connectivity index (χ0v) is 16.8. The number of nitrogens with one attached hydrogen (secondary N) is 1. The van der Waals surface area contributed by atoms with E-state index < -0.39 is 9.84 Å². The SMILES string of the molecule is CCCNC(=NCC1CCS(=O)(=O)C1)N1CCN(c2cnn(C)c2)C(=O)C1. The molecule has 0 saturated carbocycles. The van der Waals surface area contributed by atoms with Crippen molar-refractivity contribution in [2.45, 2.75) is 19.8 Å². The Morgan fingerprint density at radius 2 is 2.22 bits per heavy atom. The Bertz CT molecular complexity index is 803. The molecule has 0 spiro atoms. The number of anilines is 1. The molecule has 1 amide bonds. The summed E-state index contributed by atoms with van der Waals surface area (Å²) in [6, 6.07) is 0. The van der Waals surface area contributed by atoms with Gasteiger partial charge in [0, 0.05) is 39.4 Å². The summed E-state index contributed by atoms with van der Waals surface area (Å²) in [6.07, 6.45) is 5.14. The molecule has 0 aromatic carbocycles. The molecule has 27 heavy (non-hydrogen) atoms. The minimum atomic E-state index is -2.90. The number of aromatic nitrogens is 2. The Morgan fingerprint density at radius 3 is 2.81 bits per heavy atom. The predicted octanol–water partition coefficient (Wildman–Crippen LogP) is -0.141. The second-order valence-electron chi connectivity index (χ2n) is 7.20. The molecule has 1 unspecified atom stereocenters. The van der Waals surface area contributed by atoms with Crippen molar-refractivity contribution >= 4 is 27.4 Å². The first-order valence-corrected chi connectivity index (χ1v) is 11.2. The van der Waals surface area contributed by atoms with Crippen LogP contribution in [0.3, 0.4) is 0 Å². The number of aliphatic imine (C=N–C) groups is 1. The molecule has 150 valence electrons. The normalized spacial score (nSPS) is 23.1. The maximum Gasteiger partial charge on any atom is 0.246 e. The molecular formula is C17H28N6O3S. The molecule has 3 rings (SSSR count). The Labute approximate surface area is 160 Å². The van der Waals surface area contributed by atoms with Crippen LogP contribution in [0, 0.1) is 5.92 Å². The number of nitrogens with zero attached hydrogens (tertiary/aromatic N) is 5. The van der Waals surface area contributed by atoms with Crippen LogP contribution in [-0.4, -0.2) is 79.2 Å². The van der Waals surface area contributed by atoms with Gasteiger partial charge >= 0.3 is 0 Å². The second-order valence-corrected chi connectivity index (χ2v) is 9.43. The van der Waals surface area contributed by atoms with Gasteiger partial charge in [-0.2, -0.15) is 5.10 Å². The average Bonchev–Trinajstić information content (AvgIpc) is 3.20. The zero-order valence-electron chi connectivity index (χ0n) is 16.0. The quantitative estimate of drug-likeness (QED) is 0.549. The van der Waals surface area contributed by atoms with E-state index in [9.17, 15) is 13.2 Å². The van der Waals surface area contributed by atoms with Gasteiger partial charge < -0.3 is 15.1 Å². The van der Waals surface area contributed by atoms with E-state index >= 15 is 0 Å². The summed E-state index contributed by atoms with van der Waals surface area (Å²) in [5, 5.41) is 7.43. The highest BCUT2D eigenvalue weighted by atomic mass is 32.2. The maximum absolute atomic E-state index is 12.6. The van der Waals surface area contributed by atoms with Crippen LogP contribution in [0.5, 0.6) is 0 Å². The van der Waals surface area contributed by atoms with E-state index in [4.69, 9.17) is 0 Å². The molecule has 1 N–H and O–H groups in total. The number of hydrogen-bond donors (Lipinski definition) is 1. The van der Waals surface area contributed by atoms with Gasteiger partial charge in [-0.1, -0.05) is 6.92 Å². The minimum absolute atomic E-state index is 0.00342. The molecule has 2 aliphatic heterocycles. The summed E-state index contributed by atoms with van der Waals surface area (Å²) < 4.78 is 25.0. The monoisotopic (exact) mass is 396 g/mol. The molecule has 3 heterocycles. The Hall–Kier alpha value is -2.10. The third kappa shape index (κ3) is 5.00. The first-order chi connectivity index (χ1) is 12.9. The van der Waals surface area contributed by atoms with Gasteiger partial charge in [-0.05, 0) is 18.8 Å². The number of carbonyl (C=O) groups excluding carboxylic acids is 1. The standard InChI is InChI=1S/C17H28N6O3S/c1-3-5-18-17(19-9-14-4-8-27(25,26)13-14)22-6-7-23(16(24)12-22)15-10-20-21(2)11-15/h10-11,14H,3-9,12-13H2,1-2H3,(H,18,19). The first-order valence-electron chi connectivity index (χ1n) is 9.40. The van der Waals surface area contributed by atoms with Gasteiger partial charge in [0.15, 0.2) is 15.8 Å². The Balaban J connectivity index is 1.65. The largest absolute Gasteiger partial charge is 0.356 e. The number of piperazine rings is 1. The van der Waals surface area contributed by atoms with Crippen molar-refractivity contribution in [2.24, 2.45) is 18.0 Å². The van der Waals surface area contributed by atoms with E-state index in [0.717, 1.165) is 18.7 Å². The summed E-state index contributed by atoms with van der Waals surface area (Å²) in [4.78, 5) is 21.0. The van der Waals surface area contributed by atoms with Crippen LogP contribution in [0.15, 0.2) is 17.4 Å². The van der Waals surface area contributed by atoms with Crippen molar-refractivity contribution in [2.75, 3.05) is 49.1 Å². The first kappa shape index (κ1) is 19.7. The van der Waals surface area contributed by atoms with Gasteiger partial charge in [0.1, 0.15) is 6.54 Å². The van der Waals surface area contributed by atoms with Crippen molar-refractivity contribution < 1.29 is 13.2 Å². The summed E-state index contributed by atoms with van der Waals surface area (Å²) in [7, 11) is -1.08. The van der Waals surface area contributed by atoms with E-state index in [1.54, 1.807) is 15.8 Å². The number of sulfone groups is 1. The second kappa shape index (κ2) is 8.28. The van der Waals surface area contributed by atoms with Gasteiger partial charge in [0.05, 0.1) is 23.4 Å². The van der Waals surface area contributed by atoms with Crippen LogP contribution in [0.1, 0.15) is 19.8 Å². The number of carbonyl (C=O) groups is 1. The molecule has 0 bridgehead atoms. The highest BCUT2D eigenvalue weighted by Gasteiger charge is 2.30. The van der Waals surface area contributed by atoms with Crippen LogP contribution < -0.4 is 10.2 Å². The molecule has 10 heteroatoms. The Morgan fingerprint density at radius 1 is 1.41 bits per heavy atom. The maximum atomic E-state index is 12.6. The number of aryl methyl sites for hydroxylation is 1. The smallest absolute Gasteiger partial charge is 0.246 e. The van der Waals surface area contributed by atoms with Gasteiger partial charge in [0.25, 0.3) is 0 Å². The lowest BCUT2D eigenvalue weighted by atomic mass is 10.1. The average molecular weight is 397 g/mol. The topological polar surface area (TPSA) is 99.9 Å². The van der Waals surface area contributed by atoms with E-state index in [1.807, 2.05) is 18.1 Å². The fraction of sp³-hybridized carbons (Fsp3) is 0.706. The molecule has 9 nitrogen and oxygen atoms in total. The van der Waals surface area contributed by atoms with Gasteiger partial charge in [-0.15, -0.1) is 0 Å². The molecule has 2 fully saturated rings. The van der Waals surface area contributed by atoms with Crippen LogP contribution in [0.2, 0.25) is 0 Å². The Kier molecular flexibility index (Phi) is 6.03. The number of hydrogen-bond acceptors (Lipinski definition) is 5. The molecular weight excluding hydrogens is 368 g/mol. The summed E-state index contributed by atoms with van der Waals surface area (Å²) in [5.74, 6) is 1.24. The molecule has 1 atom stereocenters. The molecule has 0 radical (unpaired) electrons. The highest BCUT2D eigenvalue weighted by Crippen LogP contribution is 2.19. The molecule has 1 aromatic rings. The van der Waals surface area contributed by atoms with Crippen LogP contribution in [-0.2, 0) is 21.7 Å². The third-order valence-electron chi connectivity index (χ3n) is 4.88. The lowest BCUT2D eigenvalue weighted by molar-refractivity contribution is -0.120. The fourth-order valence-electron chi connectivity index (χ4n) is 3.41. The summed E-state index contributed by atoms with van der Waals surface area (Å²) >= 11 is 0. The number of rotatable bonds is 5. The van der Waals surface area contributed by atoms with Crippen LogP contribution in [0.25, 0.3) is 0 Å². The fourth-order valence-corrected chi connectivity index (χ4v) is 5.26. The van der Waals surface area contributed by atoms with Crippen LogP contribution in [0.4, 0.5) is 5.69 Å². The number of amides is 1. The lowest BCUT2D eigenvalue weighted by Crippen LogP contribution is -2.55. The molecule has 1 aromatic heterocycles. The van der Waals surface area contributed by atoms with E-state index in [1.165, 1.54) is 0 Å². The van der Waals surface area contributed by atoms with Gasteiger partial charge in [-0.25, -0.2) is 8.42 Å². The van der Waals surface area contributed by atoms with Gasteiger partial charge in [0.2, 0.25) is 5.91 Å². The lowest BCUT2D eigenvalue weighted by Gasteiger charge is -2.35. The zero-order chi connectivity index (χ0) is 19.4. The van der Waals surface area contributed by atoms with Crippen molar-refractivity contribution in [3.63, 3.8) is 0 Å². The van der Waals surface area contributed by atoms with Crippen molar-refractivity contribution in [3.05, 3.63) is 12.4 Å². The summed E-state index contributed by atoms with van der Waals surface area (Å²) in [6.45, 7) is 4.78. The van der Waals surface area contributed by atoms with E-state index in [2.05, 4.69) is 22.3 Å². The van der Waals surface area contributed by atoms with Crippen molar-refractivity contribution in [3.8, 4) is 0 Å². The van der Waals surface area contributed by atoms with E-state index in [0.29, 0.717) is 32.0 Å². The van der Waals surface area contributed by atoms with E-state index in [-0.39, 0.29) is 29.9 Å². The van der Waals surface area contributed by atoms with Crippen molar-refractivity contribution in [1.29, 1.82) is 0 Å². The predicted molar refractivity (Wildman–Crippen MR) is 104 cm³/mol. The number of guanidine groups is 1. The molecule has 0 aliphatic carbocycles. The molecule has 2 aliphatic rings. The molecule has 2 saturated heterocycles. The summed E-state index contributed by atoms with van der Waals surface area (Å²) in [5.41, 5.74) is 0.804. The van der Waals surface area contributed by atoms with Crippen LogP contribution >= 0.6 is 0 Å². The minimum Gasteiger partial charge on any atom is -0.356 e. The third-order valence-corrected chi connectivity index (χ3v) is 6.72.